The van der Waals surface area contributed by atoms with Crippen molar-refractivity contribution < 1.29 is 0 Å². The molecule has 1 unspecified atom stereocenters. The van der Waals surface area contributed by atoms with Gasteiger partial charge in [-0.2, -0.15) is 5.10 Å². The van der Waals surface area contributed by atoms with E-state index in [-0.39, 0.29) is 0 Å². The van der Waals surface area contributed by atoms with Gasteiger partial charge in [-0.1, -0.05) is 30.3 Å². The molecule has 3 aromatic rings. The van der Waals surface area contributed by atoms with Gasteiger partial charge in [0.05, 0.1) is 6.67 Å². The van der Waals surface area contributed by atoms with Crippen molar-refractivity contribution in [3.05, 3.63) is 65.2 Å². The third kappa shape index (κ3) is 3.77. The van der Waals surface area contributed by atoms with Gasteiger partial charge < -0.3 is 4.90 Å². The minimum absolute atomic E-state index is 0.338. The van der Waals surface area contributed by atoms with E-state index in [0.29, 0.717) is 18.8 Å². The van der Waals surface area contributed by atoms with E-state index in [0.717, 1.165) is 35.8 Å². The van der Waals surface area contributed by atoms with E-state index in [4.69, 9.17) is 17.3 Å². The summed E-state index contributed by atoms with van der Waals surface area (Å²) in [5, 5.41) is 4.96. The molecule has 6 nitrogen and oxygen atoms in total. The average Bonchev–Trinajstić information content (AvgIpc) is 3.55. The number of pyridine rings is 1. The van der Waals surface area contributed by atoms with Crippen LogP contribution in [0, 0.1) is 4.77 Å². The monoisotopic (exact) mass is 406 g/mol. The molecule has 2 aromatic heterocycles. The maximum Gasteiger partial charge on any atom is 0.199 e. The Bertz CT molecular complexity index is 1020. The van der Waals surface area contributed by atoms with E-state index in [1.54, 1.807) is 6.20 Å². The number of hydrogen-bond donors (Lipinski definition) is 0. The van der Waals surface area contributed by atoms with Crippen LogP contribution in [0.4, 0.5) is 0 Å². The predicted molar refractivity (Wildman–Crippen MR) is 116 cm³/mol. The molecular weight excluding hydrogens is 380 g/mol. The van der Waals surface area contributed by atoms with E-state index in [2.05, 4.69) is 62.8 Å². The Labute approximate surface area is 176 Å². The van der Waals surface area contributed by atoms with Gasteiger partial charge in [0.1, 0.15) is 0 Å². The molecule has 1 aromatic carbocycles. The van der Waals surface area contributed by atoms with Crippen LogP contribution in [0.15, 0.2) is 54.9 Å². The molecule has 1 aliphatic carbocycles. The molecule has 3 heterocycles. The quantitative estimate of drug-likeness (QED) is 0.604. The van der Waals surface area contributed by atoms with Crippen molar-refractivity contribution in [2.45, 2.75) is 31.6 Å². The molecular formula is C22H26N6S. The summed E-state index contributed by atoms with van der Waals surface area (Å²) in [6.07, 6.45) is 6.02. The minimum Gasteiger partial charge on any atom is -0.303 e. The highest BCUT2D eigenvalue weighted by molar-refractivity contribution is 7.71. The normalized spacial score (nSPS) is 20.8. The number of piperazine rings is 1. The van der Waals surface area contributed by atoms with Gasteiger partial charge in [-0.25, -0.2) is 4.68 Å². The third-order valence-corrected chi connectivity index (χ3v) is 6.30. The number of nitrogens with zero attached hydrogens (tertiary/aromatic N) is 6. The molecule has 7 heteroatoms. The standard InChI is InChI=1S/C22H26N6S/c1-25-12-13-26(20(15-25)17-6-3-2-4-7-17)16-27-22(29)28(19-9-10-19)21(24-27)18-8-5-11-23-14-18/h2-8,11,14,19-20H,9-10,12-13,15-16H2,1H3. The van der Waals surface area contributed by atoms with E-state index in [9.17, 15) is 0 Å². The van der Waals surface area contributed by atoms with Crippen molar-refractivity contribution in [2.24, 2.45) is 0 Å². The lowest BCUT2D eigenvalue weighted by Gasteiger charge is -2.40. The second-order valence-corrected chi connectivity index (χ2v) is 8.46. The topological polar surface area (TPSA) is 42.1 Å². The van der Waals surface area contributed by atoms with E-state index >= 15 is 0 Å². The first-order chi connectivity index (χ1) is 14.2. The van der Waals surface area contributed by atoms with Gasteiger partial charge >= 0.3 is 0 Å². The van der Waals surface area contributed by atoms with Crippen molar-refractivity contribution in [1.82, 2.24) is 29.1 Å². The van der Waals surface area contributed by atoms with E-state index in [1.807, 2.05) is 16.9 Å². The number of hydrogen-bond acceptors (Lipinski definition) is 5. The Kier molecular flexibility index (Phi) is 5.03. The lowest BCUT2D eigenvalue weighted by atomic mass is 10.0. The van der Waals surface area contributed by atoms with Crippen LogP contribution in [0.5, 0.6) is 0 Å². The molecule has 5 rings (SSSR count). The number of benzene rings is 1. The van der Waals surface area contributed by atoms with Crippen molar-refractivity contribution in [2.75, 3.05) is 26.7 Å². The Morgan fingerprint density at radius 1 is 1.07 bits per heavy atom. The molecule has 1 aliphatic heterocycles. The molecule has 0 N–H and O–H groups in total. The van der Waals surface area contributed by atoms with Gasteiger partial charge in [0.15, 0.2) is 10.6 Å². The zero-order chi connectivity index (χ0) is 19.8. The molecule has 0 bridgehead atoms. The molecule has 2 fully saturated rings. The largest absolute Gasteiger partial charge is 0.303 e. The van der Waals surface area contributed by atoms with Gasteiger partial charge in [-0.15, -0.1) is 0 Å². The summed E-state index contributed by atoms with van der Waals surface area (Å²) in [6, 6.07) is 15.6. The van der Waals surface area contributed by atoms with Crippen LogP contribution < -0.4 is 0 Å². The number of aromatic nitrogens is 4. The summed E-state index contributed by atoms with van der Waals surface area (Å²) in [4.78, 5) is 9.19. The second kappa shape index (κ2) is 7.82. The Morgan fingerprint density at radius 3 is 2.62 bits per heavy atom. The van der Waals surface area contributed by atoms with E-state index in [1.165, 1.54) is 18.4 Å². The first kappa shape index (κ1) is 18.7. The molecule has 150 valence electrons. The average molecular weight is 407 g/mol. The zero-order valence-electron chi connectivity index (χ0n) is 16.7. The fourth-order valence-corrected chi connectivity index (χ4v) is 4.49. The molecule has 1 saturated carbocycles. The van der Waals surface area contributed by atoms with Crippen molar-refractivity contribution in [3.8, 4) is 11.4 Å². The van der Waals surface area contributed by atoms with Crippen LogP contribution in [-0.4, -0.2) is 55.8 Å². The van der Waals surface area contributed by atoms with Gasteiger partial charge in [0.25, 0.3) is 0 Å². The second-order valence-electron chi connectivity index (χ2n) is 8.09. The SMILES string of the molecule is CN1CCN(Cn2nc(-c3cccnc3)n(C3CC3)c2=S)C(c2ccccc2)C1. The summed E-state index contributed by atoms with van der Waals surface area (Å²) >= 11 is 5.88. The highest BCUT2D eigenvalue weighted by atomic mass is 32.1. The molecule has 1 atom stereocenters. The van der Waals surface area contributed by atoms with Crippen LogP contribution in [0.25, 0.3) is 11.4 Å². The van der Waals surface area contributed by atoms with E-state index < -0.39 is 0 Å². The maximum absolute atomic E-state index is 5.88. The molecule has 0 radical (unpaired) electrons. The molecule has 1 saturated heterocycles. The first-order valence-electron chi connectivity index (χ1n) is 10.3. The summed E-state index contributed by atoms with van der Waals surface area (Å²) in [5.74, 6) is 0.941. The minimum atomic E-state index is 0.338. The lowest BCUT2D eigenvalue weighted by Crippen LogP contribution is -2.47. The Balaban J connectivity index is 1.49. The van der Waals surface area contributed by atoms with Gasteiger partial charge in [0, 0.05) is 49.7 Å². The third-order valence-electron chi connectivity index (χ3n) is 5.90. The summed E-state index contributed by atoms with van der Waals surface area (Å²) in [7, 11) is 2.20. The first-order valence-corrected chi connectivity index (χ1v) is 10.7. The van der Waals surface area contributed by atoms with Crippen LogP contribution in [0.2, 0.25) is 0 Å². The smallest absolute Gasteiger partial charge is 0.199 e. The summed E-state index contributed by atoms with van der Waals surface area (Å²) in [6.45, 7) is 3.77. The predicted octanol–water partition coefficient (Wildman–Crippen LogP) is 3.76. The highest BCUT2D eigenvalue weighted by Crippen LogP contribution is 2.38. The Hall–Kier alpha value is -2.35. The van der Waals surface area contributed by atoms with Crippen molar-refractivity contribution in [1.29, 1.82) is 0 Å². The molecule has 2 aliphatic rings. The fraction of sp³-hybridized carbons (Fsp3) is 0.409. The van der Waals surface area contributed by atoms with Gasteiger partial charge in [-0.05, 0) is 49.8 Å². The maximum atomic E-state index is 5.88. The van der Waals surface area contributed by atoms with Crippen LogP contribution in [-0.2, 0) is 6.67 Å². The zero-order valence-corrected chi connectivity index (χ0v) is 17.5. The number of likely N-dealkylation sites (N-methyl/N-ethyl adjacent to an activating group) is 1. The summed E-state index contributed by atoms with van der Waals surface area (Å²) in [5.41, 5.74) is 2.38. The molecule has 29 heavy (non-hydrogen) atoms. The van der Waals surface area contributed by atoms with Crippen LogP contribution in [0.1, 0.15) is 30.5 Å². The molecule has 0 amide bonds. The lowest BCUT2D eigenvalue weighted by molar-refractivity contribution is 0.0582. The summed E-state index contributed by atoms with van der Waals surface area (Å²) < 4.78 is 5.06. The van der Waals surface area contributed by atoms with Crippen molar-refractivity contribution in [3.63, 3.8) is 0 Å². The fourth-order valence-electron chi connectivity index (χ4n) is 4.16. The Morgan fingerprint density at radius 2 is 1.90 bits per heavy atom. The van der Waals surface area contributed by atoms with Crippen LogP contribution >= 0.6 is 12.2 Å². The molecule has 0 spiro atoms. The number of rotatable bonds is 5. The highest BCUT2D eigenvalue weighted by Gasteiger charge is 2.31. The van der Waals surface area contributed by atoms with Crippen molar-refractivity contribution >= 4 is 12.2 Å². The van der Waals surface area contributed by atoms with Crippen LogP contribution in [0.3, 0.4) is 0 Å². The van der Waals surface area contributed by atoms with Gasteiger partial charge in [0.2, 0.25) is 0 Å². The van der Waals surface area contributed by atoms with Gasteiger partial charge in [-0.3, -0.25) is 14.5 Å².